The van der Waals surface area contributed by atoms with Gasteiger partial charge in [0, 0.05) is 0 Å². The summed E-state index contributed by atoms with van der Waals surface area (Å²) in [5.41, 5.74) is 5.93. The zero-order valence-electron chi connectivity index (χ0n) is 20.8. The average Bonchev–Trinajstić information content (AvgIpc) is 2.85. The minimum atomic E-state index is -4.43. The lowest BCUT2D eigenvalue weighted by Gasteiger charge is -2.23. The Bertz CT molecular complexity index is 1370. The fraction of sp³-hybridized carbons (Fsp3) is 0.226. The molecule has 0 aliphatic rings. The van der Waals surface area contributed by atoms with Crippen molar-refractivity contribution in [1.82, 2.24) is 0 Å². The molecule has 192 valence electrons. The molecular formula is C31H27F5O. The maximum atomic E-state index is 13.8. The fourth-order valence-corrected chi connectivity index (χ4v) is 4.57. The number of rotatable bonds is 7. The molecule has 0 spiro atoms. The van der Waals surface area contributed by atoms with Crippen LogP contribution in [0.3, 0.4) is 0 Å². The lowest BCUT2D eigenvalue weighted by Crippen LogP contribution is -2.07. The van der Waals surface area contributed by atoms with Crippen molar-refractivity contribution >= 4 is 0 Å². The molecule has 0 aliphatic heterocycles. The van der Waals surface area contributed by atoms with Gasteiger partial charge in [-0.05, 0) is 93.7 Å². The summed E-state index contributed by atoms with van der Waals surface area (Å²) in [5, 5.41) is 0. The molecule has 0 heterocycles. The SMILES string of the molecule is Cc1c(-c2ccc(F)cc2)cc(C(C)C)c(COCc2cccc(C(F)(F)F)c2)c1-c1ccc(F)cc1. The van der Waals surface area contributed by atoms with Gasteiger partial charge in [0.25, 0.3) is 0 Å². The van der Waals surface area contributed by atoms with E-state index in [9.17, 15) is 22.0 Å². The number of benzene rings is 4. The summed E-state index contributed by atoms with van der Waals surface area (Å²) in [6.45, 7) is 6.20. The molecule has 0 radical (unpaired) electrons. The molecule has 0 aliphatic carbocycles. The summed E-state index contributed by atoms with van der Waals surface area (Å²) in [7, 11) is 0. The molecule has 1 nitrogen and oxygen atoms in total. The second kappa shape index (κ2) is 10.9. The van der Waals surface area contributed by atoms with Crippen molar-refractivity contribution in [2.45, 2.75) is 46.1 Å². The summed E-state index contributed by atoms with van der Waals surface area (Å²) in [6, 6.07) is 19.6. The van der Waals surface area contributed by atoms with Crippen LogP contribution >= 0.6 is 0 Å². The molecule has 4 aromatic carbocycles. The van der Waals surface area contributed by atoms with Gasteiger partial charge in [-0.2, -0.15) is 13.2 Å². The van der Waals surface area contributed by atoms with Gasteiger partial charge < -0.3 is 4.74 Å². The Kier molecular flexibility index (Phi) is 7.79. The zero-order chi connectivity index (χ0) is 26.7. The Morgan fingerprint density at radius 3 is 1.92 bits per heavy atom. The Hall–Kier alpha value is -3.51. The molecule has 0 N–H and O–H groups in total. The summed E-state index contributed by atoms with van der Waals surface area (Å²) in [6.07, 6.45) is -4.43. The third-order valence-corrected chi connectivity index (χ3v) is 6.41. The fourth-order valence-electron chi connectivity index (χ4n) is 4.57. The van der Waals surface area contributed by atoms with Gasteiger partial charge in [0.05, 0.1) is 18.8 Å². The summed E-state index contributed by atoms with van der Waals surface area (Å²) in [5.74, 6) is -0.600. The maximum absolute atomic E-state index is 13.8. The van der Waals surface area contributed by atoms with Crippen LogP contribution in [0.1, 0.15) is 47.6 Å². The number of halogens is 5. The van der Waals surface area contributed by atoms with Crippen molar-refractivity contribution in [2.24, 2.45) is 0 Å². The highest BCUT2D eigenvalue weighted by atomic mass is 19.4. The standard InChI is InChI=1S/C31H27F5O/c1-19(2)27-16-28(22-7-11-25(32)12-8-22)20(3)30(23-9-13-26(33)14-10-23)29(27)18-37-17-21-5-4-6-24(15-21)31(34,35)36/h4-16,19H,17-18H2,1-3H3. The van der Waals surface area contributed by atoms with Crippen LogP contribution in [0.25, 0.3) is 22.3 Å². The van der Waals surface area contributed by atoms with E-state index in [0.29, 0.717) is 5.56 Å². The van der Waals surface area contributed by atoms with Crippen LogP contribution in [0.4, 0.5) is 22.0 Å². The molecule has 0 bridgehead atoms. The van der Waals surface area contributed by atoms with Crippen molar-refractivity contribution in [3.8, 4) is 22.3 Å². The van der Waals surface area contributed by atoms with Crippen LogP contribution in [-0.4, -0.2) is 0 Å². The van der Waals surface area contributed by atoms with E-state index in [1.807, 2.05) is 20.8 Å². The molecule has 0 atom stereocenters. The lowest BCUT2D eigenvalue weighted by atomic mass is 9.83. The molecule has 37 heavy (non-hydrogen) atoms. The Morgan fingerprint density at radius 2 is 1.35 bits per heavy atom. The van der Waals surface area contributed by atoms with Gasteiger partial charge in [-0.15, -0.1) is 0 Å². The van der Waals surface area contributed by atoms with Gasteiger partial charge in [-0.25, -0.2) is 8.78 Å². The molecule has 0 unspecified atom stereocenters. The second-order valence-electron chi connectivity index (χ2n) is 9.35. The second-order valence-corrected chi connectivity index (χ2v) is 9.35. The first kappa shape index (κ1) is 26.6. The highest BCUT2D eigenvalue weighted by Crippen LogP contribution is 2.40. The molecule has 0 aromatic heterocycles. The van der Waals surface area contributed by atoms with E-state index in [4.69, 9.17) is 4.74 Å². The minimum Gasteiger partial charge on any atom is -0.372 e. The third kappa shape index (κ3) is 6.08. The van der Waals surface area contributed by atoms with Crippen molar-refractivity contribution in [2.75, 3.05) is 0 Å². The van der Waals surface area contributed by atoms with E-state index in [0.717, 1.165) is 51.1 Å². The van der Waals surface area contributed by atoms with E-state index in [1.165, 1.54) is 30.3 Å². The van der Waals surface area contributed by atoms with Crippen molar-refractivity contribution in [3.05, 3.63) is 118 Å². The Balaban J connectivity index is 1.78. The van der Waals surface area contributed by atoms with E-state index in [1.54, 1.807) is 30.3 Å². The van der Waals surface area contributed by atoms with Crippen LogP contribution in [0.15, 0.2) is 78.9 Å². The highest BCUT2D eigenvalue weighted by Gasteiger charge is 2.30. The lowest BCUT2D eigenvalue weighted by molar-refractivity contribution is -0.137. The predicted molar refractivity (Wildman–Crippen MR) is 136 cm³/mol. The monoisotopic (exact) mass is 510 g/mol. The molecule has 0 saturated carbocycles. The number of alkyl halides is 3. The topological polar surface area (TPSA) is 9.23 Å². The largest absolute Gasteiger partial charge is 0.416 e. The maximum Gasteiger partial charge on any atom is 0.416 e. The van der Waals surface area contributed by atoms with Crippen LogP contribution in [0.5, 0.6) is 0 Å². The predicted octanol–water partition coefficient (Wildman–Crippen LogP) is 9.47. The van der Waals surface area contributed by atoms with E-state index in [-0.39, 0.29) is 30.8 Å². The van der Waals surface area contributed by atoms with Gasteiger partial charge >= 0.3 is 6.18 Å². The van der Waals surface area contributed by atoms with E-state index in [2.05, 4.69) is 6.07 Å². The highest BCUT2D eigenvalue weighted by molar-refractivity contribution is 5.82. The normalized spacial score (nSPS) is 11.8. The Labute approximate surface area is 213 Å². The first-order valence-corrected chi connectivity index (χ1v) is 12.0. The van der Waals surface area contributed by atoms with Gasteiger partial charge in [-0.3, -0.25) is 0 Å². The minimum absolute atomic E-state index is 0.00305. The number of hydrogen-bond donors (Lipinski definition) is 0. The van der Waals surface area contributed by atoms with Gasteiger partial charge in [0.1, 0.15) is 11.6 Å². The van der Waals surface area contributed by atoms with Crippen molar-refractivity contribution in [1.29, 1.82) is 0 Å². The summed E-state index contributed by atoms with van der Waals surface area (Å²) >= 11 is 0. The smallest absolute Gasteiger partial charge is 0.372 e. The van der Waals surface area contributed by atoms with E-state index >= 15 is 0 Å². The average molecular weight is 511 g/mol. The molecule has 0 saturated heterocycles. The van der Waals surface area contributed by atoms with Gasteiger partial charge in [-0.1, -0.05) is 56.3 Å². The van der Waals surface area contributed by atoms with Gasteiger partial charge in [0.2, 0.25) is 0 Å². The Morgan fingerprint density at radius 1 is 0.757 bits per heavy atom. The molecular weight excluding hydrogens is 483 g/mol. The number of hydrogen-bond acceptors (Lipinski definition) is 1. The van der Waals surface area contributed by atoms with E-state index < -0.39 is 11.7 Å². The molecule has 0 amide bonds. The van der Waals surface area contributed by atoms with Crippen LogP contribution in [0, 0.1) is 18.6 Å². The molecule has 4 aromatic rings. The summed E-state index contributed by atoms with van der Waals surface area (Å²) < 4.78 is 72.7. The molecule has 6 heteroatoms. The zero-order valence-corrected chi connectivity index (χ0v) is 20.8. The molecule has 4 rings (SSSR count). The first-order chi connectivity index (χ1) is 17.5. The third-order valence-electron chi connectivity index (χ3n) is 6.41. The van der Waals surface area contributed by atoms with Crippen molar-refractivity contribution < 1.29 is 26.7 Å². The van der Waals surface area contributed by atoms with Crippen molar-refractivity contribution in [3.63, 3.8) is 0 Å². The first-order valence-electron chi connectivity index (χ1n) is 12.0. The van der Waals surface area contributed by atoms with Gasteiger partial charge in [0.15, 0.2) is 0 Å². The van der Waals surface area contributed by atoms with Crippen LogP contribution in [-0.2, 0) is 24.1 Å². The number of ether oxygens (including phenoxy) is 1. The van der Waals surface area contributed by atoms with Crippen LogP contribution < -0.4 is 0 Å². The van der Waals surface area contributed by atoms with Crippen LogP contribution in [0.2, 0.25) is 0 Å². The molecule has 0 fully saturated rings. The summed E-state index contributed by atoms with van der Waals surface area (Å²) in [4.78, 5) is 0. The quantitative estimate of drug-likeness (QED) is 0.225.